The zero-order chi connectivity index (χ0) is 22.7. The van der Waals surface area contributed by atoms with Crippen molar-refractivity contribution in [3.8, 4) is 5.75 Å². The number of anilines is 2. The van der Waals surface area contributed by atoms with Crippen LogP contribution in [-0.4, -0.2) is 49.8 Å². The Morgan fingerprint density at radius 3 is 2.44 bits per heavy atom. The van der Waals surface area contributed by atoms with Crippen LogP contribution in [0.1, 0.15) is 12.5 Å². The predicted molar refractivity (Wildman–Crippen MR) is 126 cm³/mol. The third kappa shape index (κ3) is 4.59. The van der Waals surface area contributed by atoms with Crippen LogP contribution in [-0.2, 0) is 4.79 Å². The van der Waals surface area contributed by atoms with E-state index in [-0.39, 0.29) is 5.78 Å². The van der Waals surface area contributed by atoms with Gasteiger partial charge < -0.3 is 19.0 Å². The lowest BCUT2D eigenvalue weighted by atomic mass is 10.1. The van der Waals surface area contributed by atoms with Crippen LogP contribution in [0.25, 0.3) is 11.0 Å². The minimum atomic E-state index is -0.394. The Morgan fingerprint density at radius 1 is 1.06 bits per heavy atom. The van der Waals surface area contributed by atoms with Crippen LogP contribution in [0.4, 0.5) is 11.4 Å². The number of carbonyl (C=O) groups excluding carboxylic acids is 1. The van der Waals surface area contributed by atoms with Crippen molar-refractivity contribution >= 4 is 34.0 Å². The highest BCUT2D eigenvalue weighted by Gasteiger charge is 2.22. The van der Waals surface area contributed by atoms with Gasteiger partial charge in [-0.15, -0.1) is 0 Å². The summed E-state index contributed by atoms with van der Waals surface area (Å²) < 4.78 is 10.5. The van der Waals surface area contributed by atoms with Gasteiger partial charge in [-0.2, -0.15) is 5.10 Å². The third-order valence-corrected chi connectivity index (χ3v) is 5.57. The number of benzene rings is 2. The van der Waals surface area contributed by atoms with Crippen molar-refractivity contribution in [2.45, 2.75) is 13.8 Å². The van der Waals surface area contributed by atoms with E-state index < -0.39 is 5.63 Å². The van der Waals surface area contributed by atoms with Crippen LogP contribution in [0.15, 0.2) is 62.8 Å². The number of rotatable bonds is 5. The molecular weight excluding hydrogens is 408 g/mol. The van der Waals surface area contributed by atoms with Gasteiger partial charge in [0, 0.05) is 56.3 Å². The lowest BCUT2D eigenvalue weighted by Gasteiger charge is -2.37. The number of Topliss-reactive ketones (excluding diaryl/α,β-unsaturated/α-hetero) is 1. The van der Waals surface area contributed by atoms with Crippen LogP contribution in [0.2, 0.25) is 0 Å². The van der Waals surface area contributed by atoms with Gasteiger partial charge in [0.25, 0.3) is 0 Å². The largest absolute Gasteiger partial charge is 0.497 e. The van der Waals surface area contributed by atoms with Crippen molar-refractivity contribution in [2.24, 2.45) is 5.10 Å². The van der Waals surface area contributed by atoms with Crippen LogP contribution in [0.5, 0.6) is 5.75 Å². The number of carbonyl (C=O) groups is 1. The molecule has 0 unspecified atom stereocenters. The summed E-state index contributed by atoms with van der Waals surface area (Å²) in [5.74, 6) is 1.09. The molecule has 1 N–H and O–H groups in total. The molecule has 1 saturated heterocycles. The standard InChI is InChI=1S/C24H26N4O4/c1-16-14-23(30)32-22-15-18(4-9-21(16)22)25-26-24(17(2)29)28-12-10-27(11-13-28)19-5-7-20(31-3)8-6-19/h4-9,14-15,25H,10-13H2,1-3H3/b26-24+. The molecule has 2 heterocycles. The van der Waals surface area contributed by atoms with Gasteiger partial charge in [-0.1, -0.05) is 0 Å². The van der Waals surface area contributed by atoms with Crippen LogP contribution < -0.4 is 20.7 Å². The molecule has 32 heavy (non-hydrogen) atoms. The molecule has 8 heteroatoms. The summed E-state index contributed by atoms with van der Waals surface area (Å²) >= 11 is 0. The molecular formula is C24H26N4O4. The zero-order valence-electron chi connectivity index (χ0n) is 18.4. The molecule has 2 aromatic carbocycles. The molecule has 0 radical (unpaired) electrons. The molecule has 0 saturated carbocycles. The Labute approximate surface area is 186 Å². The number of aryl methyl sites for hydroxylation is 1. The van der Waals surface area contributed by atoms with E-state index in [9.17, 15) is 9.59 Å². The minimum absolute atomic E-state index is 0.112. The first kappa shape index (κ1) is 21.4. The number of hydrogen-bond acceptors (Lipinski definition) is 7. The number of ketones is 1. The van der Waals surface area contributed by atoms with Crippen molar-refractivity contribution in [3.05, 3.63) is 64.5 Å². The van der Waals surface area contributed by atoms with Crippen LogP contribution in [0.3, 0.4) is 0 Å². The highest BCUT2D eigenvalue weighted by atomic mass is 16.5. The number of methoxy groups -OCH3 is 1. The summed E-state index contributed by atoms with van der Waals surface area (Å²) in [7, 11) is 1.65. The highest BCUT2D eigenvalue weighted by molar-refractivity contribution is 6.38. The van der Waals surface area contributed by atoms with Gasteiger partial charge in [-0.05, 0) is 48.9 Å². The Balaban J connectivity index is 1.46. The first-order valence-electron chi connectivity index (χ1n) is 10.5. The first-order valence-corrected chi connectivity index (χ1v) is 10.5. The number of ether oxygens (including phenoxy) is 1. The van der Waals surface area contributed by atoms with Crippen LogP contribution in [0, 0.1) is 6.92 Å². The first-order chi connectivity index (χ1) is 15.4. The molecule has 1 aliphatic heterocycles. The number of nitrogens with one attached hydrogen (secondary N) is 1. The van der Waals surface area contributed by atoms with E-state index in [1.807, 2.05) is 48.2 Å². The lowest BCUT2D eigenvalue weighted by Crippen LogP contribution is -2.50. The minimum Gasteiger partial charge on any atom is -0.497 e. The van der Waals surface area contributed by atoms with Crippen molar-refractivity contribution in [1.29, 1.82) is 0 Å². The Kier molecular flexibility index (Phi) is 6.11. The molecule has 0 amide bonds. The number of nitrogens with zero attached hydrogens (tertiary/aromatic N) is 3. The number of amidine groups is 1. The lowest BCUT2D eigenvalue weighted by molar-refractivity contribution is -0.111. The normalized spacial score (nSPS) is 14.5. The number of hydrogen-bond donors (Lipinski definition) is 1. The van der Waals surface area contributed by atoms with Gasteiger partial charge in [0.05, 0.1) is 12.8 Å². The van der Waals surface area contributed by atoms with E-state index in [1.165, 1.54) is 13.0 Å². The highest BCUT2D eigenvalue weighted by Crippen LogP contribution is 2.22. The van der Waals surface area contributed by atoms with Gasteiger partial charge in [-0.25, -0.2) is 4.79 Å². The molecule has 0 spiro atoms. The van der Waals surface area contributed by atoms with Gasteiger partial charge in [0.1, 0.15) is 11.3 Å². The second-order valence-electron chi connectivity index (χ2n) is 7.73. The van der Waals surface area contributed by atoms with Gasteiger partial charge in [0.2, 0.25) is 0 Å². The average molecular weight is 434 g/mol. The molecule has 4 rings (SSSR count). The summed E-state index contributed by atoms with van der Waals surface area (Å²) in [6.07, 6.45) is 0. The quantitative estimate of drug-likeness (QED) is 0.285. The Hall–Kier alpha value is -3.81. The predicted octanol–water partition coefficient (Wildman–Crippen LogP) is 3.25. The second-order valence-corrected chi connectivity index (χ2v) is 7.73. The van der Waals surface area contributed by atoms with Gasteiger partial charge in [-0.3, -0.25) is 10.2 Å². The topological polar surface area (TPSA) is 87.4 Å². The van der Waals surface area contributed by atoms with Crippen molar-refractivity contribution in [1.82, 2.24) is 4.90 Å². The van der Waals surface area contributed by atoms with E-state index >= 15 is 0 Å². The molecule has 0 atom stereocenters. The molecule has 1 aromatic heterocycles. The Bertz CT molecular complexity index is 1210. The zero-order valence-corrected chi connectivity index (χ0v) is 18.4. The van der Waals surface area contributed by atoms with Crippen molar-refractivity contribution in [3.63, 3.8) is 0 Å². The van der Waals surface area contributed by atoms with E-state index in [0.717, 1.165) is 35.5 Å². The number of hydrazone groups is 1. The maximum atomic E-state index is 12.3. The monoisotopic (exact) mass is 434 g/mol. The van der Waals surface area contributed by atoms with Crippen molar-refractivity contribution in [2.75, 3.05) is 43.6 Å². The molecule has 8 nitrogen and oxygen atoms in total. The fourth-order valence-electron chi connectivity index (χ4n) is 3.85. The summed E-state index contributed by atoms with van der Waals surface area (Å²) in [6.45, 7) is 6.29. The molecule has 0 aliphatic carbocycles. The fourth-order valence-corrected chi connectivity index (χ4v) is 3.85. The van der Waals surface area contributed by atoms with Crippen molar-refractivity contribution < 1.29 is 13.9 Å². The second kappa shape index (κ2) is 9.13. The number of fused-ring (bicyclic) bond motifs is 1. The van der Waals surface area contributed by atoms with Gasteiger partial charge >= 0.3 is 5.63 Å². The Morgan fingerprint density at radius 2 is 1.78 bits per heavy atom. The SMILES string of the molecule is COc1ccc(N2CCN(/C(=N/Nc3ccc4c(C)cc(=O)oc4c3)C(C)=O)CC2)cc1. The summed E-state index contributed by atoms with van der Waals surface area (Å²) in [5.41, 5.74) is 5.65. The van der Waals surface area contributed by atoms with Gasteiger partial charge in [0.15, 0.2) is 11.6 Å². The van der Waals surface area contributed by atoms with Crippen LogP contribution >= 0.6 is 0 Å². The van der Waals surface area contributed by atoms with E-state index in [2.05, 4.69) is 15.4 Å². The fraction of sp³-hybridized carbons (Fsp3) is 0.292. The smallest absolute Gasteiger partial charge is 0.336 e. The molecule has 1 fully saturated rings. The maximum absolute atomic E-state index is 12.3. The number of piperazine rings is 1. The molecule has 3 aromatic rings. The molecule has 0 bridgehead atoms. The molecule has 166 valence electrons. The summed E-state index contributed by atoms with van der Waals surface area (Å²) in [5, 5.41) is 5.24. The summed E-state index contributed by atoms with van der Waals surface area (Å²) in [6, 6.07) is 14.9. The van der Waals surface area contributed by atoms with E-state index in [1.54, 1.807) is 13.2 Å². The van der Waals surface area contributed by atoms with E-state index in [0.29, 0.717) is 30.2 Å². The maximum Gasteiger partial charge on any atom is 0.336 e. The third-order valence-electron chi connectivity index (χ3n) is 5.57. The summed E-state index contributed by atoms with van der Waals surface area (Å²) in [4.78, 5) is 28.2. The van der Waals surface area contributed by atoms with E-state index in [4.69, 9.17) is 9.15 Å². The average Bonchev–Trinajstić information content (AvgIpc) is 2.79. The molecule has 1 aliphatic rings.